The summed E-state index contributed by atoms with van der Waals surface area (Å²) >= 11 is 0. The molecule has 0 saturated carbocycles. The van der Waals surface area contributed by atoms with Crippen molar-refractivity contribution < 1.29 is 4.79 Å². The summed E-state index contributed by atoms with van der Waals surface area (Å²) in [5.41, 5.74) is -0.0677. The highest BCUT2D eigenvalue weighted by Gasteiger charge is 2.04. The third kappa shape index (κ3) is 5.53. The van der Waals surface area contributed by atoms with Crippen molar-refractivity contribution in [2.24, 2.45) is 0 Å². The molecule has 0 aromatic heterocycles. The Bertz CT molecular complexity index is 66.6. The van der Waals surface area contributed by atoms with Crippen LogP contribution in [0.4, 0.5) is 0 Å². The molecule has 0 aliphatic carbocycles. The summed E-state index contributed by atoms with van der Waals surface area (Å²) < 4.78 is 0. The molecule has 0 atom stereocenters. The number of carbonyl (C=O) groups is 1. The van der Waals surface area contributed by atoms with Crippen LogP contribution in [0.5, 0.6) is 0 Å². The molecule has 0 fully saturated rings. The molecule has 1 N–H and O–H groups in total. The summed E-state index contributed by atoms with van der Waals surface area (Å²) in [6.45, 7) is 3.86. The summed E-state index contributed by atoms with van der Waals surface area (Å²) in [6, 6.07) is 0. The normalized spacial score (nSPS) is 10.6. The number of hydrogen-bond acceptors (Lipinski definition) is 1. The van der Waals surface area contributed by atoms with Gasteiger partial charge in [-0.1, -0.05) is 13.8 Å². The molecule has 0 heterocycles. The smallest absolute Gasteiger partial charge is 0.206 e. The van der Waals surface area contributed by atoms with E-state index in [0.29, 0.717) is 6.41 Å². The maximum atomic E-state index is 9.71. The van der Waals surface area contributed by atoms with Crippen LogP contribution >= 0.6 is 0 Å². The Kier molecular flexibility index (Phi) is 1.87. The van der Waals surface area contributed by atoms with Crippen LogP contribution in [0.2, 0.25) is 0 Å². The van der Waals surface area contributed by atoms with E-state index in [1.54, 1.807) is 0 Å². The SMILES string of the molecule is BC(C)(C)NC=O. The van der Waals surface area contributed by atoms with Crippen molar-refractivity contribution in [1.29, 1.82) is 0 Å². The summed E-state index contributed by atoms with van der Waals surface area (Å²) in [4.78, 5) is 9.71. The summed E-state index contributed by atoms with van der Waals surface area (Å²) in [5, 5.41) is 2.60. The zero-order valence-corrected chi connectivity index (χ0v) is 4.99. The predicted octanol–water partition coefficient (Wildman–Crippen LogP) is -0.898. The van der Waals surface area contributed by atoms with Gasteiger partial charge >= 0.3 is 0 Å². The van der Waals surface area contributed by atoms with Gasteiger partial charge in [-0.05, 0) is 0 Å². The lowest BCUT2D eigenvalue weighted by Crippen LogP contribution is -2.38. The van der Waals surface area contributed by atoms with Gasteiger partial charge in [0.25, 0.3) is 0 Å². The maximum absolute atomic E-state index is 9.71. The van der Waals surface area contributed by atoms with Crippen molar-refractivity contribution in [3.8, 4) is 0 Å². The zero-order valence-electron chi connectivity index (χ0n) is 4.99. The number of rotatable bonds is 2. The number of carbonyl (C=O) groups excluding carboxylic acids is 1. The van der Waals surface area contributed by atoms with E-state index in [1.807, 2.05) is 21.7 Å². The van der Waals surface area contributed by atoms with Gasteiger partial charge in [-0.25, -0.2) is 0 Å². The second-order valence-electron chi connectivity index (χ2n) is 2.51. The monoisotopic (exact) mass is 99.1 g/mol. The third-order valence-corrected chi connectivity index (χ3v) is 0.492. The Balaban J connectivity index is 3.34. The topological polar surface area (TPSA) is 29.1 Å². The van der Waals surface area contributed by atoms with Gasteiger partial charge in [0, 0.05) is 5.44 Å². The first-order valence-corrected chi connectivity index (χ1v) is 2.27. The molecule has 0 rings (SSSR count). The highest BCUT2D eigenvalue weighted by molar-refractivity contribution is 6.15. The van der Waals surface area contributed by atoms with Gasteiger partial charge in [0.1, 0.15) is 7.85 Å². The molecule has 40 valence electrons. The maximum Gasteiger partial charge on any atom is 0.206 e. The van der Waals surface area contributed by atoms with E-state index >= 15 is 0 Å². The molecule has 0 aromatic carbocycles. The van der Waals surface area contributed by atoms with E-state index in [1.165, 1.54) is 0 Å². The van der Waals surface area contributed by atoms with Crippen molar-refractivity contribution >= 4 is 14.3 Å². The van der Waals surface area contributed by atoms with Gasteiger partial charge in [0.2, 0.25) is 6.41 Å². The zero-order chi connectivity index (χ0) is 5.91. The fraction of sp³-hybridized carbons (Fsp3) is 0.750. The molecule has 0 aliphatic rings. The van der Waals surface area contributed by atoms with E-state index < -0.39 is 0 Å². The number of hydrogen-bond donors (Lipinski definition) is 1. The lowest BCUT2D eigenvalue weighted by Gasteiger charge is -2.15. The van der Waals surface area contributed by atoms with Gasteiger partial charge in [0.05, 0.1) is 0 Å². The van der Waals surface area contributed by atoms with Gasteiger partial charge in [0.15, 0.2) is 0 Å². The Hall–Kier alpha value is -0.465. The number of amides is 1. The second kappa shape index (κ2) is 2.00. The average molecular weight is 98.9 g/mol. The van der Waals surface area contributed by atoms with Crippen LogP contribution in [0.25, 0.3) is 0 Å². The van der Waals surface area contributed by atoms with Gasteiger partial charge in [-0.3, -0.25) is 4.79 Å². The summed E-state index contributed by atoms with van der Waals surface area (Å²) in [7, 11) is 1.93. The van der Waals surface area contributed by atoms with Crippen LogP contribution in [-0.2, 0) is 4.79 Å². The first-order valence-electron chi connectivity index (χ1n) is 2.27. The van der Waals surface area contributed by atoms with Crippen LogP contribution in [0.15, 0.2) is 0 Å². The van der Waals surface area contributed by atoms with Crippen molar-refractivity contribution in [2.75, 3.05) is 0 Å². The molecular formula is C4H10BNO. The lowest BCUT2D eigenvalue weighted by atomic mass is 9.82. The molecule has 0 saturated heterocycles. The predicted molar refractivity (Wildman–Crippen MR) is 31.8 cm³/mol. The van der Waals surface area contributed by atoms with E-state index in [-0.39, 0.29) is 5.44 Å². The highest BCUT2D eigenvalue weighted by atomic mass is 16.1. The number of nitrogens with one attached hydrogen (secondary N) is 1. The van der Waals surface area contributed by atoms with Crippen LogP contribution in [0, 0.1) is 0 Å². The van der Waals surface area contributed by atoms with E-state index in [9.17, 15) is 4.79 Å². The Morgan fingerprint density at radius 1 is 1.71 bits per heavy atom. The molecule has 0 unspecified atom stereocenters. The van der Waals surface area contributed by atoms with Gasteiger partial charge in [-0.15, -0.1) is 0 Å². The minimum atomic E-state index is -0.0677. The Labute approximate surface area is 44.7 Å². The highest BCUT2D eigenvalue weighted by Crippen LogP contribution is 1.88. The van der Waals surface area contributed by atoms with E-state index in [2.05, 4.69) is 5.32 Å². The molecule has 3 heteroatoms. The van der Waals surface area contributed by atoms with Crippen molar-refractivity contribution in [2.45, 2.75) is 19.3 Å². The fourth-order valence-corrected chi connectivity index (χ4v) is 0.177. The Morgan fingerprint density at radius 3 is 2.14 bits per heavy atom. The van der Waals surface area contributed by atoms with Crippen LogP contribution in [-0.4, -0.2) is 19.7 Å². The van der Waals surface area contributed by atoms with Crippen molar-refractivity contribution in [3.05, 3.63) is 0 Å². The first-order chi connectivity index (χ1) is 3.06. The molecule has 0 spiro atoms. The molecule has 0 bridgehead atoms. The molecule has 2 nitrogen and oxygen atoms in total. The Morgan fingerprint density at radius 2 is 2.14 bits per heavy atom. The largest absolute Gasteiger partial charge is 0.362 e. The summed E-state index contributed by atoms with van der Waals surface area (Å²) in [6.07, 6.45) is 0.708. The molecular weight excluding hydrogens is 88.9 g/mol. The molecule has 0 radical (unpaired) electrons. The molecule has 0 aliphatic heterocycles. The third-order valence-electron chi connectivity index (χ3n) is 0.492. The standard InChI is InChI=1S/C4H10BNO/c1-4(2,5)6-3-7/h3H,5H2,1-2H3,(H,6,7). The lowest BCUT2D eigenvalue weighted by molar-refractivity contribution is -0.110. The fourth-order valence-electron chi connectivity index (χ4n) is 0.177. The van der Waals surface area contributed by atoms with Gasteiger partial charge < -0.3 is 5.32 Å². The van der Waals surface area contributed by atoms with Crippen LogP contribution in [0.3, 0.4) is 0 Å². The molecule has 7 heavy (non-hydrogen) atoms. The van der Waals surface area contributed by atoms with Gasteiger partial charge in [-0.2, -0.15) is 0 Å². The van der Waals surface area contributed by atoms with E-state index in [0.717, 1.165) is 0 Å². The summed E-state index contributed by atoms with van der Waals surface area (Å²) in [5.74, 6) is 0. The van der Waals surface area contributed by atoms with Crippen molar-refractivity contribution in [1.82, 2.24) is 5.32 Å². The second-order valence-corrected chi connectivity index (χ2v) is 2.51. The molecule has 1 amide bonds. The van der Waals surface area contributed by atoms with Crippen LogP contribution in [0.1, 0.15) is 13.8 Å². The average Bonchev–Trinajstić information content (AvgIpc) is 1.30. The quantitative estimate of drug-likeness (QED) is 0.352. The minimum absolute atomic E-state index is 0.0677. The van der Waals surface area contributed by atoms with Crippen molar-refractivity contribution in [3.63, 3.8) is 0 Å². The first kappa shape index (κ1) is 6.53. The van der Waals surface area contributed by atoms with Crippen LogP contribution < -0.4 is 5.32 Å². The van der Waals surface area contributed by atoms with E-state index in [4.69, 9.17) is 0 Å². The molecule has 0 aromatic rings. The minimum Gasteiger partial charge on any atom is -0.362 e.